The second-order valence-electron chi connectivity index (χ2n) is 4.37. The lowest BCUT2D eigenvalue weighted by molar-refractivity contribution is 0.289. The molecule has 0 spiro atoms. The van der Waals surface area contributed by atoms with Gasteiger partial charge in [-0.2, -0.15) is 0 Å². The molecule has 0 aliphatic heterocycles. The largest absolute Gasteiger partial charge is 0.486 e. The lowest BCUT2D eigenvalue weighted by atomic mass is 10.1. The Kier molecular flexibility index (Phi) is 4.75. The van der Waals surface area contributed by atoms with Crippen LogP contribution in [0.5, 0.6) is 5.75 Å². The highest BCUT2D eigenvalue weighted by Gasteiger charge is 2.05. The summed E-state index contributed by atoms with van der Waals surface area (Å²) in [5, 5.41) is 0. The van der Waals surface area contributed by atoms with Crippen LogP contribution in [0.15, 0.2) is 42.5 Å². The summed E-state index contributed by atoms with van der Waals surface area (Å²) in [6.07, 6.45) is 0. The van der Waals surface area contributed by atoms with Gasteiger partial charge in [0.1, 0.15) is 6.61 Å². The second-order valence-corrected chi connectivity index (χ2v) is 4.37. The molecule has 0 saturated carbocycles. The van der Waals surface area contributed by atoms with Crippen LogP contribution in [0.4, 0.5) is 4.39 Å². The number of ether oxygens (including phenoxy) is 1. The molecule has 0 amide bonds. The normalized spacial score (nSPS) is 9.75. The topological polar surface area (TPSA) is 35.2 Å². The molecule has 2 aromatic carbocycles. The second kappa shape index (κ2) is 6.74. The summed E-state index contributed by atoms with van der Waals surface area (Å²) in [6, 6.07) is 12.4. The number of halogens is 1. The number of hydrogen-bond acceptors (Lipinski definition) is 2. The first-order valence-electron chi connectivity index (χ1n) is 6.36. The van der Waals surface area contributed by atoms with E-state index in [1.54, 1.807) is 12.1 Å². The Morgan fingerprint density at radius 2 is 2.00 bits per heavy atom. The first-order chi connectivity index (χ1) is 9.70. The zero-order chi connectivity index (χ0) is 14.4. The van der Waals surface area contributed by atoms with Crippen molar-refractivity contribution in [3.05, 3.63) is 65.0 Å². The first-order valence-corrected chi connectivity index (χ1v) is 6.36. The van der Waals surface area contributed by atoms with Crippen molar-refractivity contribution in [2.75, 3.05) is 6.54 Å². The zero-order valence-electron chi connectivity index (χ0n) is 11.3. The van der Waals surface area contributed by atoms with Crippen LogP contribution in [0.1, 0.15) is 16.7 Å². The van der Waals surface area contributed by atoms with Gasteiger partial charge in [0.15, 0.2) is 11.6 Å². The molecule has 0 aliphatic rings. The third-order valence-electron chi connectivity index (χ3n) is 2.91. The van der Waals surface area contributed by atoms with Crippen LogP contribution in [-0.4, -0.2) is 6.54 Å². The monoisotopic (exact) mass is 269 g/mol. The van der Waals surface area contributed by atoms with E-state index in [4.69, 9.17) is 10.5 Å². The fraction of sp³-hybridized carbons (Fsp3) is 0.176. The average Bonchev–Trinajstić information content (AvgIpc) is 2.46. The summed E-state index contributed by atoms with van der Waals surface area (Å²) in [7, 11) is 0. The molecule has 0 saturated heterocycles. The van der Waals surface area contributed by atoms with E-state index in [2.05, 4.69) is 11.8 Å². The summed E-state index contributed by atoms with van der Waals surface area (Å²) in [5.41, 5.74) is 8.16. The Balaban J connectivity index is 2.15. The zero-order valence-corrected chi connectivity index (χ0v) is 11.3. The van der Waals surface area contributed by atoms with E-state index >= 15 is 0 Å². The summed E-state index contributed by atoms with van der Waals surface area (Å²) in [5.74, 6) is 5.41. The quantitative estimate of drug-likeness (QED) is 0.869. The van der Waals surface area contributed by atoms with E-state index < -0.39 is 5.82 Å². The van der Waals surface area contributed by atoms with Crippen molar-refractivity contribution < 1.29 is 9.13 Å². The van der Waals surface area contributed by atoms with Gasteiger partial charge in [-0.05, 0) is 36.2 Å². The number of nitrogens with two attached hydrogens (primary N) is 1. The summed E-state index contributed by atoms with van der Waals surface area (Å²) >= 11 is 0. The maximum absolute atomic E-state index is 13.7. The predicted molar refractivity (Wildman–Crippen MR) is 77.8 cm³/mol. The fourth-order valence-corrected chi connectivity index (χ4v) is 1.77. The molecule has 2 nitrogen and oxygen atoms in total. The van der Waals surface area contributed by atoms with E-state index in [0.29, 0.717) is 12.2 Å². The van der Waals surface area contributed by atoms with Crippen LogP contribution in [0.25, 0.3) is 0 Å². The molecular formula is C17H16FNO. The van der Waals surface area contributed by atoms with E-state index in [9.17, 15) is 4.39 Å². The third kappa shape index (κ3) is 3.59. The molecule has 0 fully saturated rings. The predicted octanol–water partition coefficient (Wildman–Crippen LogP) is 3.02. The van der Waals surface area contributed by atoms with Gasteiger partial charge in [-0.3, -0.25) is 0 Å². The van der Waals surface area contributed by atoms with E-state index in [1.165, 1.54) is 6.07 Å². The van der Waals surface area contributed by atoms with Gasteiger partial charge in [0.25, 0.3) is 0 Å². The molecule has 2 N–H and O–H groups in total. The van der Waals surface area contributed by atoms with Crippen LogP contribution in [-0.2, 0) is 6.61 Å². The maximum Gasteiger partial charge on any atom is 0.165 e. The van der Waals surface area contributed by atoms with Gasteiger partial charge < -0.3 is 10.5 Å². The molecule has 2 rings (SSSR count). The fourth-order valence-electron chi connectivity index (χ4n) is 1.77. The minimum Gasteiger partial charge on any atom is -0.486 e. The summed E-state index contributed by atoms with van der Waals surface area (Å²) in [6.45, 7) is 2.60. The smallest absolute Gasteiger partial charge is 0.165 e. The Hall–Kier alpha value is -2.31. The minimum absolute atomic E-state index is 0.206. The Morgan fingerprint density at radius 3 is 2.75 bits per heavy atom. The van der Waals surface area contributed by atoms with Crippen molar-refractivity contribution in [2.45, 2.75) is 13.5 Å². The van der Waals surface area contributed by atoms with Crippen LogP contribution in [0, 0.1) is 24.6 Å². The van der Waals surface area contributed by atoms with Crippen molar-refractivity contribution in [1.82, 2.24) is 0 Å². The highest BCUT2D eigenvalue weighted by Crippen LogP contribution is 2.20. The molecule has 0 bridgehead atoms. The molecule has 20 heavy (non-hydrogen) atoms. The number of hydrogen-bond donors (Lipinski definition) is 1. The van der Waals surface area contributed by atoms with Gasteiger partial charge in [0.05, 0.1) is 6.54 Å². The van der Waals surface area contributed by atoms with Crippen molar-refractivity contribution in [1.29, 1.82) is 0 Å². The SMILES string of the molecule is Cc1ccccc1COc1cc(C#CCN)ccc1F. The average molecular weight is 269 g/mol. The van der Waals surface area contributed by atoms with Crippen LogP contribution >= 0.6 is 0 Å². The van der Waals surface area contributed by atoms with Gasteiger partial charge in [-0.15, -0.1) is 0 Å². The van der Waals surface area contributed by atoms with Gasteiger partial charge in [0.2, 0.25) is 0 Å². The Morgan fingerprint density at radius 1 is 1.20 bits per heavy atom. The van der Waals surface area contributed by atoms with E-state index in [-0.39, 0.29) is 12.3 Å². The molecule has 0 aliphatic carbocycles. The van der Waals surface area contributed by atoms with E-state index in [0.717, 1.165) is 11.1 Å². The third-order valence-corrected chi connectivity index (χ3v) is 2.91. The molecule has 2 aromatic rings. The molecule has 0 unspecified atom stereocenters. The lowest BCUT2D eigenvalue weighted by Crippen LogP contribution is -1.99. The Labute approximate surface area is 118 Å². The summed E-state index contributed by atoms with van der Waals surface area (Å²) < 4.78 is 19.2. The van der Waals surface area contributed by atoms with E-state index in [1.807, 2.05) is 31.2 Å². The van der Waals surface area contributed by atoms with Crippen LogP contribution in [0.2, 0.25) is 0 Å². The standard InChI is InChI=1S/C17H16FNO/c1-13-5-2-3-7-15(13)12-20-17-11-14(6-4-10-19)8-9-16(17)18/h2-3,5,7-9,11H,10,12,19H2,1H3. The lowest BCUT2D eigenvalue weighted by Gasteiger charge is -2.09. The highest BCUT2D eigenvalue weighted by molar-refractivity contribution is 5.41. The molecular weight excluding hydrogens is 253 g/mol. The summed E-state index contributed by atoms with van der Waals surface area (Å²) in [4.78, 5) is 0. The molecule has 0 heterocycles. The molecule has 0 aromatic heterocycles. The van der Waals surface area contributed by atoms with Crippen molar-refractivity contribution >= 4 is 0 Å². The Bertz CT molecular complexity index is 656. The van der Waals surface area contributed by atoms with Crippen molar-refractivity contribution in [2.24, 2.45) is 5.73 Å². The number of aryl methyl sites for hydroxylation is 1. The number of benzene rings is 2. The molecule has 102 valence electrons. The number of rotatable bonds is 3. The van der Waals surface area contributed by atoms with Crippen LogP contribution < -0.4 is 10.5 Å². The molecule has 0 atom stereocenters. The van der Waals surface area contributed by atoms with Gasteiger partial charge >= 0.3 is 0 Å². The maximum atomic E-state index is 13.7. The van der Waals surface area contributed by atoms with Gasteiger partial charge in [-0.25, -0.2) is 4.39 Å². The molecule has 3 heteroatoms. The van der Waals surface area contributed by atoms with Crippen molar-refractivity contribution in [3.8, 4) is 17.6 Å². The minimum atomic E-state index is -0.392. The van der Waals surface area contributed by atoms with Gasteiger partial charge in [0, 0.05) is 5.56 Å². The van der Waals surface area contributed by atoms with Gasteiger partial charge in [-0.1, -0.05) is 36.1 Å². The molecule has 0 radical (unpaired) electrons. The van der Waals surface area contributed by atoms with Crippen LogP contribution in [0.3, 0.4) is 0 Å². The highest BCUT2D eigenvalue weighted by atomic mass is 19.1. The first kappa shape index (κ1) is 14.1. The van der Waals surface area contributed by atoms with Crippen molar-refractivity contribution in [3.63, 3.8) is 0 Å².